The van der Waals surface area contributed by atoms with Gasteiger partial charge in [-0.15, -0.1) is 11.8 Å². The molecule has 1 heterocycles. The molecular weight excluding hydrogens is 412 g/mol. The van der Waals surface area contributed by atoms with Crippen molar-refractivity contribution < 1.29 is 19.5 Å². The lowest BCUT2D eigenvalue weighted by molar-refractivity contribution is -0.151. The summed E-state index contributed by atoms with van der Waals surface area (Å²) < 4.78 is 0. The standard InChI is InChI=1S/C24H28N2O4S/c1-16(2)21(25-20(27)14-13-17-9-5-3-6-10-17)22(28)26-19(24(29)30)15-31-23(26)18-11-7-4-8-12-18/h3-12,16,19,21,23H,13-15H2,1-2H3,(H,25,27)(H,29,30)/t19-,21-,23?/m0/s1. The van der Waals surface area contributed by atoms with Crippen LogP contribution in [0.25, 0.3) is 0 Å². The largest absolute Gasteiger partial charge is 0.480 e. The molecule has 1 unspecified atom stereocenters. The molecule has 164 valence electrons. The summed E-state index contributed by atoms with van der Waals surface area (Å²) in [4.78, 5) is 39.5. The van der Waals surface area contributed by atoms with Crippen molar-refractivity contribution in [1.29, 1.82) is 0 Å². The first-order valence-electron chi connectivity index (χ1n) is 10.4. The van der Waals surface area contributed by atoms with Crippen LogP contribution >= 0.6 is 11.8 Å². The van der Waals surface area contributed by atoms with Gasteiger partial charge < -0.3 is 15.3 Å². The molecule has 7 heteroatoms. The lowest BCUT2D eigenvalue weighted by Gasteiger charge is -2.33. The fraction of sp³-hybridized carbons (Fsp3) is 0.375. The fourth-order valence-electron chi connectivity index (χ4n) is 3.66. The Labute approximate surface area is 187 Å². The summed E-state index contributed by atoms with van der Waals surface area (Å²) in [5, 5.41) is 12.2. The number of carbonyl (C=O) groups is 3. The molecule has 2 aromatic rings. The van der Waals surface area contributed by atoms with Crippen LogP contribution < -0.4 is 5.32 Å². The molecule has 1 fully saturated rings. The molecule has 0 aromatic heterocycles. The monoisotopic (exact) mass is 440 g/mol. The van der Waals surface area contributed by atoms with Crippen LogP contribution in [0, 0.1) is 5.92 Å². The van der Waals surface area contributed by atoms with Crippen molar-refractivity contribution in [3.63, 3.8) is 0 Å². The van der Waals surface area contributed by atoms with Crippen LogP contribution in [0.1, 0.15) is 36.8 Å². The Morgan fingerprint density at radius 1 is 1.06 bits per heavy atom. The van der Waals surface area contributed by atoms with Crippen LogP contribution in [0.2, 0.25) is 0 Å². The first-order chi connectivity index (χ1) is 14.9. The quantitative estimate of drug-likeness (QED) is 0.656. The van der Waals surface area contributed by atoms with Gasteiger partial charge in [0.25, 0.3) is 0 Å². The summed E-state index contributed by atoms with van der Waals surface area (Å²) in [6, 6.07) is 17.4. The molecule has 0 radical (unpaired) electrons. The molecule has 0 spiro atoms. The molecule has 6 nitrogen and oxygen atoms in total. The van der Waals surface area contributed by atoms with Crippen molar-refractivity contribution in [1.82, 2.24) is 10.2 Å². The highest BCUT2D eigenvalue weighted by Gasteiger charge is 2.45. The molecule has 1 saturated heterocycles. The molecule has 1 aliphatic rings. The summed E-state index contributed by atoms with van der Waals surface area (Å²) in [7, 11) is 0. The van der Waals surface area contributed by atoms with E-state index in [1.807, 2.05) is 74.5 Å². The molecule has 2 aromatic carbocycles. The van der Waals surface area contributed by atoms with Crippen LogP contribution in [0.4, 0.5) is 0 Å². The van der Waals surface area contributed by atoms with Crippen molar-refractivity contribution in [3.05, 3.63) is 71.8 Å². The van der Waals surface area contributed by atoms with Gasteiger partial charge in [-0.25, -0.2) is 4.79 Å². The number of amides is 2. The van der Waals surface area contributed by atoms with E-state index in [0.29, 0.717) is 12.2 Å². The Kier molecular flexibility index (Phi) is 7.74. The number of rotatable bonds is 8. The second kappa shape index (κ2) is 10.5. The summed E-state index contributed by atoms with van der Waals surface area (Å²) in [5.41, 5.74) is 1.93. The van der Waals surface area contributed by atoms with E-state index in [9.17, 15) is 19.5 Å². The number of thioether (sulfide) groups is 1. The molecule has 0 saturated carbocycles. The van der Waals surface area contributed by atoms with Crippen LogP contribution in [0.15, 0.2) is 60.7 Å². The maximum atomic E-state index is 13.5. The van der Waals surface area contributed by atoms with Crippen molar-refractivity contribution in [3.8, 4) is 0 Å². The summed E-state index contributed by atoms with van der Waals surface area (Å²) in [6.07, 6.45) is 0.843. The maximum absolute atomic E-state index is 13.5. The van der Waals surface area contributed by atoms with Gasteiger partial charge in [-0.3, -0.25) is 9.59 Å². The predicted octanol–water partition coefficient (Wildman–Crippen LogP) is 3.49. The molecule has 2 N–H and O–H groups in total. The Hall–Kier alpha value is -2.80. The minimum atomic E-state index is -1.03. The number of hydrogen-bond donors (Lipinski definition) is 2. The van der Waals surface area contributed by atoms with Gasteiger partial charge >= 0.3 is 5.97 Å². The number of aliphatic carboxylic acids is 1. The topological polar surface area (TPSA) is 86.7 Å². The van der Waals surface area contributed by atoms with Crippen LogP contribution in [-0.4, -0.2) is 45.6 Å². The van der Waals surface area contributed by atoms with E-state index in [1.165, 1.54) is 16.7 Å². The Balaban J connectivity index is 1.76. The minimum Gasteiger partial charge on any atom is -0.480 e. The highest BCUT2D eigenvalue weighted by atomic mass is 32.2. The highest BCUT2D eigenvalue weighted by Crippen LogP contribution is 2.42. The predicted molar refractivity (Wildman–Crippen MR) is 121 cm³/mol. The van der Waals surface area contributed by atoms with E-state index in [1.54, 1.807) is 0 Å². The summed E-state index contributed by atoms with van der Waals surface area (Å²) >= 11 is 1.44. The van der Waals surface area contributed by atoms with Crippen molar-refractivity contribution in [2.24, 2.45) is 5.92 Å². The Bertz CT molecular complexity index is 904. The first-order valence-corrected chi connectivity index (χ1v) is 11.5. The van der Waals surface area contributed by atoms with Crippen molar-refractivity contribution in [2.45, 2.75) is 44.1 Å². The van der Waals surface area contributed by atoms with Crippen molar-refractivity contribution >= 4 is 29.5 Å². The lowest BCUT2D eigenvalue weighted by atomic mass is 10.0. The second-order valence-electron chi connectivity index (χ2n) is 7.97. The van der Waals surface area contributed by atoms with Crippen LogP contribution in [0.3, 0.4) is 0 Å². The van der Waals surface area contributed by atoms with Crippen molar-refractivity contribution in [2.75, 3.05) is 5.75 Å². The minimum absolute atomic E-state index is 0.176. The smallest absolute Gasteiger partial charge is 0.327 e. The molecule has 0 aliphatic carbocycles. The first kappa shape index (κ1) is 22.9. The number of aryl methyl sites for hydroxylation is 1. The highest BCUT2D eigenvalue weighted by molar-refractivity contribution is 7.99. The van der Waals surface area contributed by atoms with E-state index in [0.717, 1.165) is 11.1 Å². The third kappa shape index (κ3) is 5.67. The molecule has 2 amide bonds. The zero-order valence-electron chi connectivity index (χ0n) is 17.7. The summed E-state index contributed by atoms with van der Waals surface area (Å²) in [6.45, 7) is 3.72. The average molecular weight is 441 g/mol. The van der Waals surface area contributed by atoms with Gasteiger partial charge in [-0.2, -0.15) is 0 Å². The van der Waals surface area contributed by atoms with E-state index >= 15 is 0 Å². The van der Waals surface area contributed by atoms with E-state index < -0.39 is 23.4 Å². The van der Waals surface area contributed by atoms with Gasteiger partial charge in [0, 0.05) is 12.2 Å². The number of carboxylic acid groups (broad SMARTS) is 1. The molecule has 3 atom stereocenters. The van der Waals surface area contributed by atoms with E-state index in [-0.39, 0.29) is 24.2 Å². The SMILES string of the molecule is CC(C)[C@H](NC(=O)CCc1ccccc1)C(=O)N1C(c2ccccc2)SC[C@H]1C(=O)O. The van der Waals surface area contributed by atoms with Gasteiger partial charge in [0.15, 0.2) is 0 Å². The van der Waals surface area contributed by atoms with Gasteiger partial charge in [0.05, 0.1) is 0 Å². The van der Waals surface area contributed by atoms with Gasteiger partial charge in [0.1, 0.15) is 17.5 Å². The second-order valence-corrected chi connectivity index (χ2v) is 9.08. The Morgan fingerprint density at radius 3 is 2.26 bits per heavy atom. The number of carboxylic acids is 1. The van der Waals surface area contributed by atoms with Gasteiger partial charge in [0.2, 0.25) is 11.8 Å². The average Bonchev–Trinajstić information content (AvgIpc) is 3.22. The number of carbonyl (C=O) groups excluding carboxylic acids is 2. The lowest BCUT2D eigenvalue weighted by Crippen LogP contribution is -2.54. The Morgan fingerprint density at radius 2 is 1.68 bits per heavy atom. The number of benzene rings is 2. The van der Waals surface area contributed by atoms with Gasteiger partial charge in [-0.1, -0.05) is 74.5 Å². The number of nitrogens with one attached hydrogen (secondary N) is 1. The molecule has 1 aliphatic heterocycles. The molecule has 3 rings (SSSR count). The third-order valence-electron chi connectivity index (χ3n) is 5.36. The maximum Gasteiger partial charge on any atom is 0.327 e. The third-order valence-corrected chi connectivity index (χ3v) is 6.68. The van der Waals surface area contributed by atoms with E-state index in [4.69, 9.17) is 0 Å². The van der Waals surface area contributed by atoms with Crippen LogP contribution in [0.5, 0.6) is 0 Å². The van der Waals surface area contributed by atoms with Crippen LogP contribution in [-0.2, 0) is 20.8 Å². The molecular formula is C24H28N2O4S. The molecule has 0 bridgehead atoms. The number of hydrogen-bond acceptors (Lipinski definition) is 4. The number of nitrogens with zero attached hydrogens (tertiary/aromatic N) is 1. The fourth-order valence-corrected chi connectivity index (χ4v) is 5.09. The van der Waals surface area contributed by atoms with Gasteiger partial charge in [-0.05, 0) is 23.5 Å². The van der Waals surface area contributed by atoms with E-state index in [2.05, 4.69) is 5.32 Å². The zero-order chi connectivity index (χ0) is 22.4. The zero-order valence-corrected chi connectivity index (χ0v) is 18.5. The molecule has 31 heavy (non-hydrogen) atoms. The summed E-state index contributed by atoms with van der Waals surface area (Å²) in [5.74, 6) is -1.46. The normalized spacial score (nSPS) is 19.3.